The van der Waals surface area contributed by atoms with Crippen molar-refractivity contribution in [2.45, 2.75) is 64.8 Å². The van der Waals surface area contributed by atoms with Gasteiger partial charge >= 0.3 is 12.2 Å². The minimum absolute atomic E-state index is 0.0935. The molecule has 0 bridgehead atoms. The number of fused-ring (bicyclic) bond motifs is 1. The zero-order valence-electron chi connectivity index (χ0n) is 24.4. The van der Waals surface area contributed by atoms with Gasteiger partial charge in [-0.3, -0.25) is 14.5 Å². The largest absolute Gasteiger partial charge is 0.443 e. The average molecular weight is 592 g/mol. The van der Waals surface area contributed by atoms with E-state index in [1.54, 1.807) is 108 Å². The lowest BCUT2D eigenvalue weighted by Crippen LogP contribution is -2.68. The molecule has 1 aliphatic rings. The Morgan fingerprint density at radius 2 is 1.48 bits per heavy atom. The molecule has 4 amide bonds. The molecule has 10 heteroatoms. The lowest BCUT2D eigenvalue weighted by Gasteiger charge is -2.47. The smallest absolute Gasteiger partial charge is 0.431 e. The first-order chi connectivity index (χ1) is 19.6. The molecule has 0 saturated carbocycles. The van der Waals surface area contributed by atoms with E-state index in [0.29, 0.717) is 5.56 Å². The number of carbonyl (C=O) groups is 4. The van der Waals surface area contributed by atoms with Gasteiger partial charge in [-0.2, -0.15) is 5.01 Å². The van der Waals surface area contributed by atoms with E-state index in [1.807, 2.05) is 6.07 Å². The number of nitrogens with one attached hydrogen (secondary N) is 1. The zero-order valence-corrected chi connectivity index (χ0v) is 25.2. The number of ether oxygens (including phenoxy) is 2. The molecule has 3 aromatic carbocycles. The molecule has 0 aliphatic carbocycles. The van der Waals surface area contributed by atoms with E-state index in [4.69, 9.17) is 21.1 Å². The average Bonchev–Trinajstić information content (AvgIpc) is 2.89. The van der Waals surface area contributed by atoms with E-state index in [-0.39, 0.29) is 28.3 Å². The van der Waals surface area contributed by atoms with Crippen LogP contribution in [0.2, 0.25) is 5.02 Å². The van der Waals surface area contributed by atoms with Gasteiger partial charge in [-0.15, -0.1) is 0 Å². The topological polar surface area (TPSA) is 105 Å². The number of nitrogens with zero attached hydrogens (tertiary/aromatic N) is 2. The van der Waals surface area contributed by atoms with Gasteiger partial charge in [-0.05, 0) is 70.9 Å². The number of hydrazine groups is 1. The van der Waals surface area contributed by atoms with E-state index in [2.05, 4.69) is 5.43 Å². The molecule has 0 aromatic heterocycles. The first kappa shape index (κ1) is 30.6. The molecule has 1 atom stereocenters. The van der Waals surface area contributed by atoms with Crippen LogP contribution in [0.1, 0.15) is 68.6 Å². The van der Waals surface area contributed by atoms with Crippen LogP contribution in [0.5, 0.6) is 0 Å². The van der Waals surface area contributed by atoms with Gasteiger partial charge in [0.05, 0.1) is 6.54 Å². The van der Waals surface area contributed by atoms with Crippen molar-refractivity contribution in [3.05, 3.63) is 106 Å². The molecule has 1 aliphatic heterocycles. The minimum Gasteiger partial charge on any atom is -0.443 e. The molecule has 1 heterocycles. The second-order valence-electron chi connectivity index (χ2n) is 11.9. The molecule has 1 N–H and O–H groups in total. The van der Waals surface area contributed by atoms with Crippen molar-refractivity contribution in [1.29, 1.82) is 0 Å². The second-order valence-corrected chi connectivity index (χ2v) is 12.3. The highest BCUT2D eigenvalue weighted by Gasteiger charge is 2.59. The summed E-state index contributed by atoms with van der Waals surface area (Å²) in [6, 6.07) is 21.8. The summed E-state index contributed by atoms with van der Waals surface area (Å²) in [5.41, 5.74) is -0.356. The van der Waals surface area contributed by atoms with Crippen LogP contribution in [0, 0.1) is 0 Å². The van der Waals surface area contributed by atoms with Gasteiger partial charge in [0.25, 0.3) is 11.8 Å². The third-order valence-corrected chi connectivity index (χ3v) is 6.52. The van der Waals surface area contributed by atoms with Crippen LogP contribution in [0.4, 0.5) is 9.59 Å². The van der Waals surface area contributed by atoms with Gasteiger partial charge in [0.15, 0.2) is 5.54 Å². The van der Waals surface area contributed by atoms with E-state index in [9.17, 15) is 19.2 Å². The lowest BCUT2D eigenvalue weighted by molar-refractivity contribution is -0.143. The summed E-state index contributed by atoms with van der Waals surface area (Å²) < 4.78 is 11.2. The van der Waals surface area contributed by atoms with Crippen molar-refractivity contribution in [2.75, 3.05) is 0 Å². The fraction of sp³-hybridized carbons (Fsp3) is 0.312. The predicted molar refractivity (Wildman–Crippen MR) is 157 cm³/mol. The number of amides is 4. The number of halogens is 1. The van der Waals surface area contributed by atoms with Gasteiger partial charge in [0, 0.05) is 16.1 Å². The normalized spacial score (nSPS) is 16.9. The molecule has 0 spiro atoms. The third-order valence-electron chi connectivity index (χ3n) is 6.29. The zero-order chi connectivity index (χ0) is 30.9. The Morgan fingerprint density at radius 3 is 2.10 bits per heavy atom. The summed E-state index contributed by atoms with van der Waals surface area (Å²) in [5.74, 6) is -1.35. The van der Waals surface area contributed by atoms with Crippen molar-refractivity contribution in [2.24, 2.45) is 0 Å². The predicted octanol–water partition coefficient (Wildman–Crippen LogP) is 6.44. The van der Waals surface area contributed by atoms with Crippen LogP contribution in [0.15, 0.2) is 78.9 Å². The van der Waals surface area contributed by atoms with Crippen molar-refractivity contribution in [3.63, 3.8) is 0 Å². The fourth-order valence-electron chi connectivity index (χ4n) is 4.75. The lowest BCUT2D eigenvalue weighted by atomic mass is 9.75. The number of carbonyl (C=O) groups excluding carboxylic acids is 4. The van der Waals surface area contributed by atoms with Crippen LogP contribution in [0.25, 0.3) is 0 Å². The molecule has 0 radical (unpaired) electrons. The van der Waals surface area contributed by atoms with Crippen LogP contribution in [0.3, 0.4) is 0 Å². The standard InChI is InChI=1S/C32H34ClN3O6/c1-30(2,3)41-28(39)34-36(29(40)42-31(4,5)6)32(22-15-12-16-23(33)19-22)25-18-11-10-17-24(25)26(37)35(27(32)38)20-21-13-8-7-9-14-21/h7-19H,20H2,1-6H3,(H,34,39)/t32-/m0/s1. The number of rotatable bonds is 4. The minimum atomic E-state index is -2.12. The van der Waals surface area contributed by atoms with Crippen molar-refractivity contribution >= 4 is 35.6 Å². The first-order valence-corrected chi connectivity index (χ1v) is 13.8. The molecule has 0 unspecified atom stereocenters. The Morgan fingerprint density at radius 1 is 0.857 bits per heavy atom. The van der Waals surface area contributed by atoms with Crippen LogP contribution >= 0.6 is 11.6 Å². The highest BCUT2D eigenvalue weighted by atomic mass is 35.5. The van der Waals surface area contributed by atoms with E-state index in [0.717, 1.165) is 9.91 Å². The number of hydrogen-bond acceptors (Lipinski definition) is 6. The number of hydrogen-bond donors (Lipinski definition) is 1. The summed E-state index contributed by atoms with van der Waals surface area (Å²) in [6.45, 7) is 9.87. The molecule has 0 saturated heterocycles. The molecule has 42 heavy (non-hydrogen) atoms. The number of imide groups is 1. The Balaban J connectivity index is 2.05. The van der Waals surface area contributed by atoms with Gasteiger partial charge < -0.3 is 9.47 Å². The maximum absolute atomic E-state index is 14.9. The molecular weight excluding hydrogens is 558 g/mol. The molecule has 0 fully saturated rings. The van der Waals surface area contributed by atoms with Crippen LogP contribution in [-0.4, -0.2) is 45.1 Å². The molecule has 4 rings (SSSR count). The maximum Gasteiger partial charge on any atom is 0.431 e. The van der Waals surface area contributed by atoms with Crippen molar-refractivity contribution in [1.82, 2.24) is 15.3 Å². The van der Waals surface area contributed by atoms with Crippen molar-refractivity contribution in [3.8, 4) is 0 Å². The second kappa shape index (κ2) is 11.5. The SMILES string of the molecule is CC(C)(C)OC(=O)NN(C(=O)OC(C)(C)C)[C@]1(c2cccc(Cl)c2)C(=O)N(Cc2ccccc2)C(=O)c2ccccc21. The molecule has 3 aromatic rings. The van der Waals surface area contributed by atoms with Crippen LogP contribution < -0.4 is 5.43 Å². The Labute approximate surface area is 250 Å². The van der Waals surface area contributed by atoms with E-state index < -0.39 is 40.7 Å². The van der Waals surface area contributed by atoms with Gasteiger partial charge in [0.1, 0.15) is 11.2 Å². The van der Waals surface area contributed by atoms with Crippen molar-refractivity contribution < 1.29 is 28.7 Å². The summed E-state index contributed by atoms with van der Waals surface area (Å²) in [6.07, 6.45) is -2.06. The molecule has 9 nitrogen and oxygen atoms in total. The van der Waals surface area contributed by atoms with E-state index >= 15 is 0 Å². The third kappa shape index (κ3) is 6.26. The summed E-state index contributed by atoms with van der Waals surface area (Å²) in [7, 11) is 0. The Bertz CT molecular complexity index is 1510. The maximum atomic E-state index is 14.9. The van der Waals surface area contributed by atoms with Gasteiger partial charge in [0.2, 0.25) is 0 Å². The molecule has 220 valence electrons. The first-order valence-electron chi connectivity index (χ1n) is 13.4. The Kier molecular flexibility index (Phi) is 8.36. The molecular formula is C32H34ClN3O6. The quantitative estimate of drug-likeness (QED) is 0.276. The monoisotopic (exact) mass is 591 g/mol. The van der Waals surface area contributed by atoms with Gasteiger partial charge in [-0.1, -0.05) is 72.3 Å². The highest BCUT2D eigenvalue weighted by molar-refractivity contribution is 6.30. The number of benzene rings is 3. The fourth-order valence-corrected chi connectivity index (χ4v) is 4.94. The summed E-state index contributed by atoms with van der Waals surface area (Å²) in [4.78, 5) is 57.2. The van der Waals surface area contributed by atoms with E-state index in [1.165, 1.54) is 6.07 Å². The Hall–Kier alpha value is -4.37. The van der Waals surface area contributed by atoms with Gasteiger partial charge in [-0.25, -0.2) is 15.0 Å². The summed E-state index contributed by atoms with van der Waals surface area (Å²) >= 11 is 6.44. The van der Waals surface area contributed by atoms with Crippen LogP contribution in [-0.2, 0) is 26.4 Å². The highest BCUT2D eigenvalue weighted by Crippen LogP contribution is 2.44. The summed E-state index contributed by atoms with van der Waals surface area (Å²) in [5, 5.41) is 1.08.